The molecule has 1 aliphatic heterocycles. The van der Waals surface area contributed by atoms with Crippen LogP contribution in [0.3, 0.4) is 0 Å². The molecule has 150 valence electrons. The van der Waals surface area contributed by atoms with E-state index in [1.165, 1.54) is 0 Å². The first-order valence-electron chi connectivity index (χ1n) is 9.95. The molecule has 1 fully saturated rings. The predicted molar refractivity (Wildman–Crippen MR) is 108 cm³/mol. The van der Waals surface area contributed by atoms with Crippen LogP contribution < -0.4 is 4.74 Å². The quantitative estimate of drug-likeness (QED) is 0.808. The highest BCUT2D eigenvalue weighted by atomic mass is 16.5. The average Bonchev–Trinajstić information content (AvgIpc) is 2.85. The lowest BCUT2D eigenvalue weighted by Crippen LogP contribution is -2.44. The largest absolute Gasteiger partial charge is 0.481 e. The van der Waals surface area contributed by atoms with Crippen molar-refractivity contribution >= 4 is 11.8 Å². The molecule has 0 N–H and O–H groups in total. The molecule has 0 bridgehead atoms. The van der Waals surface area contributed by atoms with E-state index in [0.29, 0.717) is 32.1 Å². The van der Waals surface area contributed by atoms with Gasteiger partial charge in [0.15, 0.2) is 6.10 Å². The lowest BCUT2D eigenvalue weighted by atomic mass is 9.94. The van der Waals surface area contributed by atoms with Gasteiger partial charge in [-0.05, 0) is 30.9 Å². The van der Waals surface area contributed by atoms with Gasteiger partial charge in [0.1, 0.15) is 5.75 Å². The monoisotopic (exact) mass is 374 g/mol. The molecule has 1 aliphatic rings. The second kappa shape index (κ2) is 8.77. The van der Waals surface area contributed by atoms with Crippen LogP contribution in [0.25, 0.3) is 0 Å². The highest BCUT2D eigenvalue weighted by Gasteiger charge is 2.30. The van der Waals surface area contributed by atoms with Crippen molar-refractivity contribution in [2.75, 3.05) is 26.2 Å². The van der Waals surface area contributed by atoms with Gasteiger partial charge < -0.3 is 14.5 Å². The fourth-order valence-electron chi connectivity index (χ4n) is 3.38. The molecule has 0 aliphatic carbocycles. The van der Waals surface area contributed by atoms with E-state index in [1.807, 2.05) is 61.8 Å². The summed E-state index contributed by atoms with van der Waals surface area (Å²) in [4.78, 5) is 29.1. The first-order valence-corrected chi connectivity index (χ1v) is 9.95. The minimum absolute atomic E-state index is 0.0152. The Morgan fingerprint density at radius 2 is 1.56 bits per heavy atom. The van der Waals surface area contributed by atoms with E-state index >= 15 is 0 Å². The van der Waals surface area contributed by atoms with Crippen LogP contribution in [0.15, 0.2) is 24.3 Å². The van der Waals surface area contributed by atoms with Crippen molar-refractivity contribution in [2.24, 2.45) is 5.41 Å². The second-order valence-electron chi connectivity index (χ2n) is 8.67. The van der Waals surface area contributed by atoms with Gasteiger partial charge in [-0.15, -0.1) is 0 Å². The van der Waals surface area contributed by atoms with Gasteiger partial charge in [-0.3, -0.25) is 9.59 Å². The minimum Gasteiger partial charge on any atom is -0.481 e. The number of nitrogens with zero attached hydrogens (tertiary/aromatic N) is 2. The summed E-state index contributed by atoms with van der Waals surface area (Å²) in [5, 5.41) is 0. The lowest BCUT2D eigenvalue weighted by Gasteiger charge is -2.29. The standard InChI is InChI=1S/C22H34N2O3/c1-16(2)18-10-7-8-11-19(18)27-17(3)20(25)23-12-9-13-24(15-14-23)21(26)22(4,5)6/h7-8,10-11,16-17H,9,12-15H2,1-6H3. The molecule has 1 atom stereocenters. The second-order valence-corrected chi connectivity index (χ2v) is 8.67. The molecule has 1 heterocycles. The number of rotatable bonds is 4. The maximum atomic E-state index is 12.9. The first kappa shape index (κ1) is 21.3. The summed E-state index contributed by atoms with van der Waals surface area (Å²) < 4.78 is 6.02. The topological polar surface area (TPSA) is 49.9 Å². The van der Waals surface area contributed by atoms with Gasteiger partial charge in [0, 0.05) is 31.6 Å². The molecule has 27 heavy (non-hydrogen) atoms. The van der Waals surface area contributed by atoms with Gasteiger partial charge in [0.2, 0.25) is 5.91 Å². The molecule has 0 aromatic heterocycles. The molecule has 5 nitrogen and oxygen atoms in total. The Labute approximate surface area is 163 Å². The third kappa shape index (κ3) is 5.47. The van der Waals surface area contributed by atoms with E-state index in [-0.39, 0.29) is 11.8 Å². The summed E-state index contributed by atoms with van der Waals surface area (Å²) in [6.45, 7) is 14.3. The van der Waals surface area contributed by atoms with E-state index in [1.54, 1.807) is 0 Å². The molecule has 0 spiro atoms. The van der Waals surface area contributed by atoms with Gasteiger partial charge in [0.25, 0.3) is 5.91 Å². The number of amides is 2. The number of hydrogen-bond donors (Lipinski definition) is 0. The average molecular weight is 375 g/mol. The molecule has 0 radical (unpaired) electrons. The summed E-state index contributed by atoms with van der Waals surface area (Å²) in [6, 6.07) is 7.88. The summed E-state index contributed by atoms with van der Waals surface area (Å²) in [6.07, 6.45) is 0.248. The van der Waals surface area contributed by atoms with Crippen LogP contribution in [0.2, 0.25) is 0 Å². The van der Waals surface area contributed by atoms with Gasteiger partial charge in [-0.1, -0.05) is 52.8 Å². The number of carbonyl (C=O) groups excluding carboxylic acids is 2. The van der Waals surface area contributed by atoms with Crippen LogP contribution in [-0.2, 0) is 9.59 Å². The Kier molecular flexibility index (Phi) is 6.90. The molecule has 1 aromatic rings. The molecule has 5 heteroatoms. The smallest absolute Gasteiger partial charge is 0.263 e. The van der Waals surface area contributed by atoms with E-state index in [0.717, 1.165) is 17.7 Å². The third-order valence-corrected chi connectivity index (χ3v) is 4.93. The Morgan fingerprint density at radius 3 is 2.19 bits per heavy atom. The molecular formula is C22H34N2O3. The van der Waals surface area contributed by atoms with Crippen molar-refractivity contribution in [3.63, 3.8) is 0 Å². The number of ether oxygens (including phenoxy) is 1. The summed E-state index contributed by atoms with van der Waals surface area (Å²) >= 11 is 0. The van der Waals surface area contributed by atoms with Crippen LogP contribution in [0.4, 0.5) is 0 Å². The van der Waals surface area contributed by atoms with Crippen LogP contribution >= 0.6 is 0 Å². The molecular weight excluding hydrogens is 340 g/mol. The van der Waals surface area contributed by atoms with E-state index < -0.39 is 11.5 Å². The van der Waals surface area contributed by atoms with E-state index in [2.05, 4.69) is 13.8 Å². The van der Waals surface area contributed by atoms with Gasteiger partial charge in [0.05, 0.1) is 0 Å². The molecule has 1 aromatic carbocycles. The van der Waals surface area contributed by atoms with Crippen molar-refractivity contribution in [1.29, 1.82) is 0 Å². The van der Waals surface area contributed by atoms with Gasteiger partial charge in [-0.2, -0.15) is 0 Å². The Morgan fingerprint density at radius 1 is 0.963 bits per heavy atom. The molecule has 1 saturated heterocycles. The molecule has 0 saturated carbocycles. The fourth-order valence-corrected chi connectivity index (χ4v) is 3.38. The summed E-state index contributed by atoms with van der Waals surface area (Å²) in [7, 11) is 0. The predicted octanol–water partition coefficient (Wildman–Crippen LogP) is 3.68. The van der Waals surface area contributed by atoms with E-state index in [9.17, 15) is 9.59 Å². The molecule has 2 amide bonds. The highest BCUT2D eigenvalue weighted by molar-refractivity contribution is 5.82. The zero-order valence-corrected chi connectivity index (χ0v) is 17.6. The van der Waals surface area contributed by atoms with Crippen LogP contribution in [-0.4, -0.2) is 53.9 Å². The normalized spacial score (nSPS) is 16.9. The van der Waals surface area contributed by atoms with Gasteiger partial charge in [-0.25, -0.2) is 0 Å². The first-order chi connectivity index (χ1) is 12.6. The third-order valence-electron chi connectivity index (χ3n) is 4.93. The highest BCUT2D eigenvalue weighted by Crippen LogP contribution is 2.27. The van der Waals surface area contributed by atoms with Crippen molar-refractivity contribution in [3.05, 3.63) is 29.8 Å². The minimum atomic E-state index is -0.547. The maximum Gasteiger partial charge on any atom is 0.263 e. The van der Waals surface area contributed by atoms with Crippen molar-refractivity contribution in [3.8, 4) is 5.75 Å². The van der Waals surface area contributed by atoms with Crippen LogP contribution in [0, 0.1) is 5.41 Å². The molecule has 2 rings (SSSR count). The van der Waals surface area contributed by atoms with Crippen LogP contribution in [0.1, 0.15) is 59.4 Å². The number of hydrogen-bond acceptors (Lipinski definition) is 3. The fraction of sp³-hybridized carbons (Fsp3) is 0.636. The van der Waals surface area contributed by atoms with Crippen molar-refractivity contribution < 1.29 is 14.3 Å². The Bertz CT molecular complexity index is 664. The van der Waals surface area contributed by atoms with E-state index in [4.69, 9.17) is 4.74 Å². The zero-order chi connectivity index (χ0) is 20.2. The summed E-state index contributed by atoms with van der Waals surface area (Å²) in [5.74, 6) is 1.23. The number of para-hydroxylation sites is 1. The van der Waals surface area contributed by atoms with Crippen LogP contribution in [0.5, 0.6) is 5.75 Å². The molecule has 1 unspecified atom stereocenters. The SMILES string of the molecule is CC(Oc1ccccc1C(C)C)C(=O)N1CCCN(C(=O)C(C)(C)C)CC1. The van der Waals surface area contributed by atoms with Crippen molar-refractivity contribution in [2.45, 2.75) is 60.0 Å². The Hall–Kier alpha value is -2.04. The Balaban J connectivity index is 2.00. The summed E-state index contributed by atoms with van der Waals surface area (Å²) in [5.41, 5.74) is 0.714. The zero-order valence-electron chi connectivity index (χ0n) is 17.6. The van der Waals surface area contributed by atoms with Gasteiger partial charge >= 0.3 is 0 Å². The van der Waals surface area contributed by atoms with Crippen molar-refractivity contribution in [1.82, 2.24) is 9.80 Å². The maximum absolute atomic E-state index is 12.9. The number of benzene rings is 1. The lowest BCUT2D eigenvalue weighted by molar-refractivity contribution is -0.141. The number of carbonyl (C=O) groups is 2.